The number of rotatable bonds is 6. The summed E-state index contributed by atoms with van der Waals surface area (Å²) in [6.07, 6.45) is 2.07. The van der Waals surface area contributed by atoms with Gasteiger partial charge >= 0.3 is 0 Å². The molecule has 0 aliphatic carbocycles. The zero-order valence-electron chi connectivity index (χ0n) is 17.8. The van der Waals surface area contributed by atoms with Crippen molar-refractivity contribution in [3.05, 3.63) is 59.7 Å². The number of nitrogens with zero attached hydrogens (tertiary/aromatic N) is 2. The molecule has 2 fully saturated rings. The minimum absolute atomic E-state index is 0.0210. The molecule has 0 unspecified atom stereocenters. The normalized spacial score (nSPS) is 22.3. The van der Waals surface area contributed by atoms with Crippen molar-refractivity contribution >= 4 is 40.1 Å². The summed E-state index contributed by atoms with van der Waals surface area (Å²) < 4.78 is 5.75. The maximum absolute atomic E-state index is 13.2. The van der Waals surface area contributed by atoms with Gasteiger partial charge < -0.3 is 10.1 Å². The lowest BCUT2D eigenvalue weighted by molar-refractivity contribution is -0.129. The van der Waals surface area contributed by atoms with Gasteiger partial charge in [0, 0.05) is 18.7 Å². The van der Waals surface area contributed by atoms with Crippen molar-refractivity contribution < 1.29 is 14.3 Å². The number of nitrogens with one attached hydrogen (secondary N) is 1. The zero-order valence-corrected chi connectivity index (χ0v) is 18.7. The standard InChI is InChI=1S/C24H27N3O3S/c1-16-8-6-9-17(2)22(16)26-21(28)14-20-23(29)27(15-19-12-7-13-30-19)24(31-20)25-18-10-4-3-5-11-18/h3-6,8-11,19-20H,7,12-15H2,1-2H3,(H,26,28)/t19-,20+/m0/s1. The summed E-state index contributed by atoms with van der Waals surface area (Å²) in [6.45, 7) is 5.14. The molecular formula is C24H27N3O3S. The van der Waals surface area contributed by atoms with Crippen LogP contribution in [0.1, 0.15) is 30.4 Å². The van der Waals surface area contributed by atoms with E-state index in [0.29, 0.717) is 11.7 Å². The molecule has 0 saturated carbocycles. The van der Waals surface area contributed by atoms with Crippen LogP contribution in [-0.4, -0.2) is 46.4 Å². The number of amidine groups is 1. The first-order chi connectivity index (χ1) is 15.0. The molecular weight excluding hydrogens is 410 g/mol. The summed E-state index contributed by atoms with van der Waals surface area (Å²) in [7, 11) is 0. The van der Waals surface area contributed by atoms with Gasteiger partial charge in [0.25, 0.3) is 0 Å². The van der Waals surface area contributed by atoms with Crippen LogP contribution < -0.4 is 5.32 Å². The van der Waals surface area contributed by atoms with Crippen LogP contribution in [0.15, 0.2) is 53.5 Å². The largest absolute Gasteiger partial charge is 0.376 e. The van der Waals surface area contributed by atoms with Crippen LogP contribution in [0.2, 0.25) is 0 Å². The zero-order chi connectivity index (χ0) is 21.8. The number of para-hydroxylation sites is 2. The monoisotopic (exact) mass is 437 g/mol. The number of hydrogen-bond acceptors (Lipinski definition) is 5. The molecule has 2 heterocycles. The Kier molecular flexibility index (Phi) is 6.73. The molecule has 31 heavy (non-hydrogen) atoms. The maximum Gasteiger partial charge on any atom is 0.242 e. The van der Waals surface area contributed by atoms with E-state index < -0.39 is 5.25 Å². The first-order valence-electron chi connectivity index (χ1n) is 10.6. The van der Waals surface area contributed by atoms with E-state index in [-0.39, 0.29) is 24.3 Å². The van der Waals surface area contributed by atoms with Crippen LogP contribution in [0.5, 0.6) is 0 Å². The van der Waals surface area contributed by atoms with Crippen molar-refractivity contribution in [2.24, 2.45) is 4.99 Å². The highest BCUT2D eigenvalue weighted by Gasteiger charge is 2.40. The molecule has 2 saturated heterocycles. The van der Waals surface area contributed by atoms with E-state index in [9.17, 15) is 9.59 Å². The molecule has 0 spiro atoms. The minimum atomic E-state index is -0.492. The molecule has 0 bridgehead atoms. The Hall–Kier alpha value is -2.64. The highest BCUT2D eigenvalue weighted by atomic mass is 32.2. The number of carbonyl (C=O) groups is 2. The summed E-state index contributed by atoms with van der Waals surface area (Å²) in [5.74, 6) is -0.242. The number of aryl methyl sites for hydroxylation is 2. The van der Waals surface area contributed by atoms with Gasteiger partial charge in [0.15, 0.2) is 5.17 Å². The number of thioether (sulfide) groups is 1. The van der Waals surface area contributed by atoms with Crippen LogP contribution in [0, 0.1) is 13.8 Å². The first-order valence-corrected chi connectivity index (χ1v) is 11.5. The van der Waals surface area contributed by atoms with E-state index in [4.69, 9.17) is 9.73 Å². The Balaban J connectivity index is 1.50. The lowest BCUT2D eigenvalue weighted by Gasteiger charge is -2.20. The Morgan fingerprint density at radius 1 is 1.16 bits per heavy atom. The Morgan fingerprint density at radius 2 is 1.90 bits per heavy atom. The third-order valence-electron chi connectivity index (χ3n) is 5.53. The second kappa shape index (κ2) is 9.66. The number of carbonyl (C=O) groups excluding carboxylic acids is 2. The number of anilines is 1. The fraction of sp³-hybridized carbons (Fsp3) is 0.375. The Morgan fingerprint density at radius 3 is 2.58 bits per heavy atom. The lowest BCUT2D eigenvalue weighted by Crippen LogP contribution is -2.38. The summed E-state index contributed by atoms with van der Waals surface area (Å²) >= 11 is 1.36. The van der Waals surface area contributed by atoms with E-state index >= 15 is 0 Å². The predicted octanol–water partition coefficient (Wildman–Crippen LogP) is 4.44. The van der Waals surface area contributed by atoms with E-state index in [1.807, 2.05) is 62.4 Å². The van der Waals surface area contributed by atoms with Crippen LogP contribution in [0.3, 0.4) is 0 Å². The Bertz CT molecular complexity index is 967. The number of hydrogen-bond donors (Lipinski definition) is 1. The van der Waals surface area contributed by atoms with Gasteiger partial charge in [0.05, 0.1) is 18.3 Å². The van der Waals surface area contributed by atoms with Crippen molar-refractivity contribution in [1.29, 1.82) is 0 Å². The third kappa shape index (κ3) is 5.17. The number of ether oxygens (including phenoxy) is 1. The molecule has 2 aromatic carbocycles. The van der Waals surface area contributed by atoms with Gasteiger partial charge in [-0.1, -0.05) is 48.2 Å². The molecule has 6 nitrogen and oxygen atoms in total. The highest BCUT2D eigenvalue weighted by molar-refractivity contribution is 8.15. The summed E-state index contributed by atoms with van der Waals surface area (Å²) in [5.41, 5.74) is 3.61. The van der Waals surface area contributed by atoms with Crippen LogP contribution in [-0.2, 0) is 14.3 Å². The fourth-order valence-corrected chi connectivity index (χ4v) is 5.04. The van der Waals surface area contributed by atoms with Crippen molar-refractivity contribution in [3.63, 3.8) is 0 Å². The van der Waals surface area contributed by atoms with Crippen molar-refractivity contribution in [2.75, 3.05) is 18.5 Å². The van der Waals surface area contributed by atoms with Crippen molar-refractivity contribution in [1.82, 2.24) is 4.90 Å². The second-order valence-corrected chi connectivity index (χ2v) is 9.11. The average molecular weight is 438 g/mol. The molecule has 7 heteroatoms. The quantitative estimate of drug-likeness (QED) is 0.725. The molecule has 2 aliphatic heterocycles. The van der Waals surface area contributed by atoms with E-state index in [1.165, 1.54) is 11.8 Å². The molecule has 4 rings (SSSR count). The minimum Gasteiger partial charge on any atom is -0.376 e. The lowest BCUT2D eigenvalue weighted by atomic mass is 10.1. The number of amides is 2. The molecule has 162 valence electrons. The van der Waals surface area contributed by atoms with Gasteiger partial charge in [-0.2, -0.15) is 0 Å². The van der Waals surface area contributed by atoms with Crippen LogP contribution in [0.25, 0.3) is 0 Å². The number of aliphatic imine (C=N–C) groups is 1. The fourth-order valence-electron chi connectivity index (χ4n) is 3.87. The van der Waals surface area contributed by atoms with Crippen molar-refractivity contribution in [2.45, 2.75) is 44.5 Å². The summed E-state index contributed by atoms with van der Waals surface area (Å²) in [6, 6.07) is 15.5. The topological polar surface area (TPSA) is 71.0 Å². The first kappa shape index (κ1) is 21.6. The van der Waals surface area contributed by atoms with Gasteiger partial charge in [-0.05, 0) is 49.9 Å². The van der Waals surface area contributed by atoms with Gasteiger partial charge in [0.2, 0.25) is 11.8 Å². The predicted molar refractivity (Wildman–Crippen MR) is 125 cm³/mol. The molecule has 0 radical (unpaired) electrons. The third-order valence-corrected chi connectivity index (χ3v) is 6.70. The Labute approximate surface area is 187 Å². The molecule has 1 N–H and O–H groups in total. The number of benzene rings is 2. The molecule has 2 aromatic rings. The van der Waals surface area contributed by atoms with Crippen molar-refractivity contribution in [3.8, 4) is 0 Å². The van der Waals surface area contributed by atoms with Gasteiger partial charge in [0.1, 0.15) is 5.25 Å². The van der Waals surface area contributed by atoms with Crippen LogP contribution in [0.4, 0.5) is 11.4 Å². The second-order valence-electron chi connectivity index (χ2n) is 7.94. The average Bonchev–Trinajstić information content (AvgIpc) is 3.36. The van der Waals surface area contributed by atoms with E-state index in [1.54, 1.807) is 4.90 Å². The van der Waals surface area contributed by atoms with Gasteiger partial charge in [-0.3, -0.25) is 14.5 Å². The van der Waals surface area contributed by atoms with Gasteiger partial charge in [-0.25, -0.2) is 4.99 Å². The maximum atomic E-state index is 13.2. The molecule has 2 atom stereocenters. The molecule has 0 aromatic heterocycles. The SMILES string of the molecule is Cc1cccc(C)c1NC(=O)C[C@H]1SC(=Nc2ccccc2)N(C[C@@H]2CCCO2)C1=O. The van der Waals surface area contributed by atoms with E-state index in [2.05, 4.69) is 5.32 Å². The summed E-state index contributed by atoms with van der Waals surface area (Å²) in [5, 5.41) is 3.13. The summed E-state index contributed by atoms with van der Waals surface area (Å²) in [4.78, 5) is 32.4. The molecule has 2 aliphatic rings. The smallest absolute Gasteiger partial charge is 0.242 e. The van der Waals surface area contributed by atoms with Gasteiger partial charge in [-0.15, -0.1) is 0 Å². The van der Waals surface area contributed by atoms with Crippen LogP contribution >= 0.6 is 11.8 Å². The highest BCUT2D eigenvalue weighted by Crippen LogP contribution is 2.33. The molecule has 2 amide bonds. The van der Waals surface area contributed by atoms with E-state index in [0.717, 1.165) is 42.0 Å².